The molecule has 1 amide bonds. The average Bonchev–Trinajstić information content (AvgIpc) is 2.52. The van der Waals surface area contributed by atoms with E-state index in [4.69, 9.17) is 11.5 Å². The molecule has 0 atom stereocenters. The molecule has 1 aromatic carbocycles. The first-order valence-electron chi connectivity index (χ1n) is 5.82. The molecule has 1 aromatic rings. The Balaban J connectivity index is 2.31. The van der Waals surface area contributed by atoms with Gasteiger partial charge in [0, 0.05) is 24.3 Å². The normalized spacial score (nSPS) is 15.3. The summed E-state index contributed by atoms with van der Waals surface area (Å²) in [6.07, 6.45) is 0.458. The average molecular weight is 233 g/mol. The van der Waals surface area contributed by atoms with Crippen molar-refractivity contribution in [3.05, 3.63) is 29.3 Å². The first-order valence-corrected chi connectivity index (χ1v) is 5.82. The van der Waals surface area contributed by atoms with Crippen LogP contribution in [0, 0.1) is 0 Å². The molecule has 0 radical (unpaired) electrons. The van der Waals surface area contributed by atoms with Gasteiger partial charge in [-0.15, -0.1) is 0 Å². The third kappa shape index (κ3) is 2.48. The molecule has 0 spiro atoms. The van der Waals surface area contributed by atoms with E-state index in [9.17, 15) is 4.79 Å². The lowest BCUT2D eigenvalue weighted by molar-refractivity contribution is -0.117. The van der Waals surface area contributed by atoms with Crippen molar-refractivity contribution >= 4 is 11.6 Å². The SMILES string of the molecule is CC(C)(N)CN1C(=O)Cc2cc(CN)ccc21. The van der Waals surface area contributed by atoms with Gasteiger partial charge in [0.25, 0.3) is 0 Å². The quantitative estimate of drug-likeness (QED) is 0.810. The monoisotopic (exact) mass is 233 g/mol. The minimum atomic E-state index is -0.385. The summed E-state index contributed by atoms with van der Waals surface area (Å²) in [4.78, 5) is 13.7. The molecular weight excluding hydrogens is 214 g/mol. The molecular formula is C13H19N3O. The van der Waals surface area contributed by atoms with E-state index in [2.05, 4.69) is 0 Å². The summed E-state index contributed by atoms with van der Waals surface area (Å²) in [6.45, 7) is 4.89. The Labute approximate surface area is 102 Å². The van der Waals surface area contributed by atoms with Crippen LogP contribution in [0.2, 0.25) is 0 Å². The smallest absolute Gasteiger partial charge is 0.231 e. The van der Waals surface area contributed by atoms with E-state index < -0.39 is 0 Å². The first kappa shape index (κ1) is 12.1. The summed E-state index contributed by atoms with van der Waals surface area (Å²) in [5.74, 6) is 0.118. The molecule has 4 heteroatoms. The van der Waals surface area contributed by atoms with Crippen LogP contribution in [0.25, 0.3) is 0 Å². The van der Waals surface area contributed by atoms with Crippen LogP contribution in [0.1, 0.15) is 25.0 Å². The number of rotatable bonds is 3. The molecule has 1 aliphatic heterocycles. The first-order chi connectivity index (χ1) is 7.90. The van der Waals surface area contributed by atoms with Gasteiger partial charge in [0.15, 0.2) is 0 Å². The van der Waals surface area contributed by atoms with E-state index in [1.165, 1.54) is 0 Å². The Kier molecular flexibility index (Phi) is 2.93. The number of nitrogens with zero attached hydrogens (tertiary/aromatic N) is 1. The maximum atomic E-state index is 11.9. The van der Waals surface area contributed by atoms with Crippen LogP contribution in [-0.2, 0) is 17.8 Å². The molecule has 92 valence electrons. The molecule has 0 aliphatic carbocycles. The fraction of sp³-hybridized carbons (Fsp3) is 0.462. The highest BCUT2D eigenvalue weighted by atomic mass is 16.2. The van der Waals surface area contributed by atoms with Gasteiger partial charge < -0.3 is 16.4 Å². The zero-order valence-electron chi connectivity index (χ0n) is 10.4. The largest absolute Gasteiger partial charge is 0.326 e. The van der Waals surface area contributed by atoms with E-state index >= 15 is 0 Å². The molecule has 0 saturated heterocycles. The zero-order chi connectivity index (χ0) is 12.6. The number of carbonyl (C=O) groups is 1. The lowest BCUT2D eigenvalue weighted by Crippen LogP contribution is -2.46. The fourth-order valence-corrected chi connectivity index (χ4v) is 2.14. The van der Waals surface area contributed by atoms with Crippen LogP contribution in [0.3, 0.4) is 0 Å². The van der Waals surface area contributed by atoms with Crippen molar-refractivity contribution in [1.29, 1.82) is 0 Å². The van der Waals surface area contributed by atoms with Crippen molar-refractivity contribution in [2.24, 2.45) is 11.5 Å². The van der Waals surface area contributed by atoms with Crippen LogP contribution >= 0.6 is 0 Å². The highest BCUT2D eigenvalue weighted by Gasteiger charge is 2.30. The van der Waals surface area contributed by atoms with E-state index in [0.29, 0.717) is 19.5 Å². The van der Waals surface area contributed by atoms with Crippen molar-refractivity contribution in [2.45, 2.75) is 32.4 Å². The molecule has 1 heterocycles. The lowest BCUT2D eigenvalue weighted by Gasteiger charge is -2.27. The summed E-state index contributed by atoms with van der Waals surface area (Å²) in [6, 6.07) is 5.94. The number of benzene rings is 1. The number of hydrogen-bond donors (Lipinski definition) is 2. The molecule has 0 fully saturated rings. The maximum absolute atomic E-state index is 11.9. The Bertz CT molecular complexity index is 448. The molecule has 4 nitrogen and oxygen atoms in total. The van der Waals surface area contributed by atoms with Crippen LogP contribution in [0.5, 0.6) is 0 Å². The molecule has 1 aliphatic rings. The van der Waals surface area contributed by atoms with Gasteiger partial charge in [-0.25, -0.2) is 0 Å². The van der Waals surface area contributed by atoms with E-state index in [1.54, 1.807) is 4.90 Å². The van der Waals surface area contributed by atoms with Gasteiger partial charge in [-0.3, -0.25) is 4.79 Å². The highest BCUT2D eigenvalue weighted by Crippen LogP contribution is 2.30. The number of carbonyl (C=O) groups excluding carboxylic acids is 1. The van der Waals surface area contributed by atoms with E-state index in [1.807, 2.05) is 32.0 Å². The summed E-state index contributed by atoms with van der Waals surface area (Å²) in [7, 11) is 0. The second-order valence-corrected chi connectivity index (χ2v) is 5.31. The molecule has 4 N–H and O–H groups in total. The molecule has 0 saturated carbocycles. The number of amides is 1. The van der Waals surface area contributed by atoms with Gasteiger partial charge in [0.05, 0.1) is 6.42 Å². The minimum Gasteiger partial charge on any atom is -0.326 e. The Hall–Kier alpha value is -1.39. The summed E-state index contributed by atoms with van der Waals surface area (Å²) >= 11 is 0. The Morgan fingerprint density at radius 1 is 1.41 bits per heavy atom. The molecule has 2 rings (SSSR count). The van der Waals surface area contributed by atoms with Gasteiger partial charge in [0.1, 0.15) is 0 Å². The van der Waals surface area contributed by atoms with Gasteiger partial charge in [-0.2, -0.15) is 0 Å². The molecule has 0 unspecified atom stereocenters. The van der Waals surface area contributed by atoms with Gasteiger partial charge >= 0.3 is 0 Å². The summed E-state index contributed by atoms with van der Waals surface area (Å²) < 4.78 is 0. The third-order valence-electron chi connectivity index (χ3n) is 2.88. The number of fused-ring (bicyclic) bond motifs is 1. The number of hydrogen-bond acceptors (Lipinski definition) is 3. The number of nitrogens with two attached hydrogens (primary N) is 2. The second-order valence-electron chi connectivity index (χ2n) is 5.31. The standard InChI is InChI=1S/C13H19N3O/c1-13(2,15)8-16-11-4-3-9(7-14)5-10(11)6-12(16)17/h3-5H,6-8,14-15H2,1-2H3. The summed E-state index contributed by atoms with van der Waals surface area (Å²) in [5.41, 5.74) is 14.3. The van der Waals surface area contributed by atoms with Crippen molar-refractivity contribution in [3.63, 3.8) is 0 Å². The Morgan fingerprint density at radius 2 is 2.12 bits per heavy atom. The van der Waals surface area contributed by atoms with Crippen LogP contribution in [-0.4, -0.2) is 18.0 Å². The maximum Gasteiger partial charge on any atom is 0.231 e. The second kappa shape index (κ2) is 4.13. The summed E-state index contributed by atoms with van der Waals surface area (Å²) in [5, 5.41) is 0. The molecule has 0 aromatic heterocycles. The van der Waals surface area contributed by atoms with Crippen LogP contribution < -0.4 is 16.4 Å². The van der Waals surface area contributed by atoms with Crippen LogP contribution in [0.4, 0.5) is 5.69 Å². The predicted molar refractivity (Wildman–Crippen MR) is 68.7 cm³/mol. The van der Waals surface area contributed by atoms with Gasteiger partial charge in [0.2, 0.25) is 5.91 Å². The van der Waals surface area contributed by atoms with Crippen molar-refractivity contribution in [3.8, 4) is 0 Å². The van der Waals surface area contributed by atoms with Crippen molar-refractivity contribution in [2.75, 3.05) is 11.4 Å². The highest BCUT2D eigenvalue weighted by molar-refractivity contribution is 6.01. The van der Waals surface area contributed by atoms with E-state index in [0.717, 1.165) is 16.8 Å². The lowest BCUT2D eigenvalue weighted by atomic mass is 10.1. The van der Waals surface area contributed by atoms with Crippen LogP contribution in [0.15, 0.2) is 18.2 Å². The van der Waals surface area contributed by atoms with Gasteiger partial charge in [-0.05, 0) is 31.0 Å². The molecule has 17 heavy (non-hydrogen) atoms. The van der Waals surface area contributed by atoms with Crippen molar-refractivity contribution < 1.29 is 4.79 Å². The van der Waals surface area contributed by atoms with Crippen molar-refractivity contribution in [1.82, 2.24) is 0 Å². The molecule has 0 bridgehead atoms. The van der Waals surface area contributed by atoms with Gasteiger partial charge in [-0.1, -0.05) is 12.1 Å². The third-order valence-corrected chi connectivity index (χ3v) is 2.88. The predicted octanol–water partition coefficient (Wildman–Crippen LogP) is 0.772. The Morgan fingerprint density at radius 3 is 2.71 bits per heavy atom. The van der Waals surface area contributed by atoms with E-state index in [-0.39, 0.29) is 11.4 Å². The zero-order valence-corrected chi connectivity index (χ0v) is 10.4. The fourth-order valence-electron chi connectivity index (χ4n) is 2.14. The minimum absolute atomic E-state index is 0.118. The topological polar surface area (TPSA) is 72.3 Å². The number of anilines is 1.